The van der Waals surface area contributed by atoms with Crippen LogP contribution in [0, 0.1) is 0 Å². The van der Waals surface area contributed by atoms with Crippen molar-refractivity contribution in [3.8, 4) is 0 Å². The summed E-state index contributed by atoms with van der Waals surface area (Å²) in [6, 6.07) is 0. The third-order valence-electron chi connectivity index (χ3n) is 9.61. The second-order valence-corrected chi connectivity index (χ2v) is 14.0. The van der Waals surface area contributed by atoms with Crippen LogP contribution >= 0.6 is 0 Å². The average Bonchev–Trinajstić information content (AvgIpc) is 3.07. The molecular weight excluding hydrogens is 588 g/mol. The van der Waals surface area contributed by atoms with E-state index in [2.05, 4.69) is 32.9 Å². The molecule has 3 N–H and O–H groups in total. The number of ketones is 3. The molecule has 47 heavy (non-hydrogen) atoms. The number of allylic oxidation sites excluding steroid dienone is 2. The molecule has 0 aromatic heterocycles. The van der Waals surface area contributed by atoms with Gasteiger partial charge >= 0.3 is 0 Å². The van der Waals surface area contributed by atoms with Gasteiger partial charge in [-0.2, -0.15) is 0 Å². The van der Waals surface area contributed by atoms with Crippen molar-refractivity contribution in [2.45, 2.75) is 231 Å². The number of aliphatic hydroxyl groups is 3. The Balaban J connectivity index is 4.49. The number of Topliss-reactive ketones (excluding diaryl/α,β-unsaturated/α-hetero) is 3. The van der Waals surface area contributed by atoms with Crippen molar-refractivity contribution in [3.63, 3.8) is 0 Å². The number of carbonyl (C=O) groups excluding carboxylic acids is 3. The number of unbranched alkanes of at least 4 members (excludes halogenated alkanes) is 23. The lowest BCUT2D eigenvalue weighted by Crippen LogP contribution is -2.61. The van der Waals surface area contributed by atoms with E-state index in [4.69, 9.17) is 0 Å². The van der Waals surface area contributed by atoms with Gasteiger partial charge in [0.15, 0.2) is 17.3 Å². The lowest BCUT2D eigenvalue weighted by atomic mass is 9.79. The standard InChI is InChI=1S/C41H76O6/c1-4-7-10-13-14-15-16-17-18-19-20-21-22-23-24-25-26-29-32-35-38(44)41(47,37(43)34-31-28-12-9-6-3)40(46)39(45)36(42)33-30-27-11-8-5-2/h17-18,39-40,45-47H,4-16,19-35H2,1-3H3/b18-17-. The largest absolute Gasteiger partial charge is 0.386 e. The molecule has 0 aromatic carbocycles. The van der Waals surface area contributed by atoms with Gasteiger partial charge < -0.3 is 15.3 Å². The van der Waals surface area contributed by atoms with E-state index in [9.17, 15) is 29.7 Å². The monoisotopic (exact) mass is 665 g/mol. The number of carbonyl (C=O) groups is 3. The van der Waals surface area contributed by atoms with Gasteiger partial charge in [0.25, 0.3) is 0 Å². The number of hydrogen-bond acceptors (Lipinski definition) is 6. The van der Waals surface area contributed by atoms with Crippen molar-refractivity contribution in [2.24, 2.45) is 0 Å². The number of hydrogen-bond donors (Lipinski definition) is 3. The zero-order valence-corrected chi connectivity index (χ0v) is 31.1. The molecule has 0 aromatic rings. The highest BCUT2D eigenvalue weighted by molar-refractivity contribution is 6.11. The Labute approximate surface area is 290 Å². The molecule has 0 rings (SSSR count). The molecule has 0 aliphatic rings. The van der Waals surface area contributed by atoms with Gasteiger partial charge in [0.05, 0.1) is 0 Å². The van der Waals surface area contributed by atoms with E-state index in [1.807, 2.05) is 0 Å². The molecule has 0 saturated carbocycles. The predicted molar refractivity (Wildman–Crippen MR) is 197 cm³/mol. The maximum atomic E-state index is 13.3. The van der Waals surface area contributed by atoms with Crippen LogP contribution < -0.4 is 0 Å². The maximum absolute atomic E-state index is 13.3. The topological polar surface area (TPSA) is 112 Å². The minimum absolute atomic E-state index is 0.0494. The fourth-order valence-corrected chi connectivity index (χ4v) is 6.27. The number of rotatable bonds is 36. The van der Waals surface area contributed by atoms with Crippen LogP contribution in [-0.2, 0) is 14.4 Å². The van der Waals surface area contributed by atoms with Gasteiger partial charge in [0.1, 0.15) is 12.2 Å². The molecule has 0 aliphatic heterocycles. The highest BCUT2D eigenvalue weighted by Crippen LogP contribution is 2.25. The number of aliphatic hydroxyl groups excluding tert-OH is 2. The van der Waals surface area contributed by atoms with Gasteiger partial charge in [-0.25, -0.2) is 0 Å². The molecule has 6 heteroatoms. The first-order chi connectivity index (χ1) is 22.8. The van der Waals surface area contributed by atoms with Crippen LogP contribution in [0.5, 0.6) is 0 Å². The summed E-state index contributed by atoms with van der Waals surface area (Å²) in [6.45, 7) is 6.46. The first kappa shape index (κ1) is 45.6. The summed E-state index contributed by atoms with van der Waals surface area (Å²) in [6.07, 6.45) is 29.4. The molecular formula is C41H76O6. The van der Waals surface area contributed by atoms with Crippen molar-refractivity contribution >= 4 is 17.3 Å². The molecule has 0 spiro atoms. The van der Waals surface area contributed by atoms with E-state index >= 15 is 0 Å². The summed E-state index contributed by atoms with van der Waals surface area (Å²) in [5.41, 5.74) is -2.74. The van der Waals surface area contributed by atoms with E-state index in [1.165, 1.54) is 77.0 Å². The van der Waals surface area contributed by atoms with Crippen LogP contribution in [0.25, 0.3) is 0 Å². The van der Waals surface area contributed by atoms with Crippen LogP contribution in [0.3, 0.4) is 0 Å². The van der Waals surface area contributed by atoms with Crippen LogP contribution in [0.15, 0.2) is 12.2 Å². The fraction of sp³-hybridized carbons (Fsp3) is 0.878. The average molecular weight is 665 g/mol. The Bertz CT molecular complexity index is 793. The van der Waals surface area contributed by atoms with Gasteiger partial charge in [-0.1, -0.05) is 161 Å². The molecule has 3 unspecified atom stereocenters. The van der Waals surface area contributed by atoms with Crippen LogP contribution in [-0.4, -0.2) is 50.5 Å². The van der Waals surface area contributed by atoms with Crippen molar-refractivity contribution in [1.29, 1.82) is 0 Å². The second-order valence-electron chi connectivity index (χ2n) is 14.0. The SMILES string of the molecule is CCCCCCCC/C=C\CCCCCCCCCCCC(=O)C(O)(C(=O)CCCCCCC)C(O)C(O)C(=O)CCCCCCC. The Morgan fingerprint density at radius 2 is 0.766 bits per heavy atom. The lowest BCUT2D eigenvalue weighted by molar-refractivity contribution is -0.174. The van der Waals surface area contributed by atoms with Gasteiger partial charge in [-0.05, 0) is 44.9 Å². The molecule has 0 amide bonds. The zero-order chi connectivity index (χ0) is 35.0. The first-order valence-corrected chi connectivity index (χ1v) is 20.1. The predicted octanol–water partition coefficient (Wildman–Crippen LogP) is 10.5. The Morgan fingerprint density at radius 3 is 1.13 bits per heavy atom. The van der Waals surface area contributed by atoms with E-state index in [1.54, 1.807) is 0 Å². The first-order valence-electron chi connectivity index (χ1n) is 20.1. The second kappa shape index (κ2) is 31.9. The third-order valence-corrected chi connectivity index (χ3v) is 9.61. The Kier molecular flexibility index (Phi) is 30.9. The van der Waals surface area contributed by atoms with E-state index in [-0.39, 0.29) is 19.3 Å². The minimum Gasteiger partial charge on any atom is -0.386 e. The summed E-state index contributed by atoms with van der Waals surface area (Å²) < 4.78 is 0. The molecule has 0 fully saturated rings. The summed E-state index contributed by atoms with van der Waals surface area (Å²) >= 11 is 0. The molecule has 3 atom stereocenters. The van der Waals surface area contributed by atoms with Crippen LogP contribution in [0.2, 0.25) is 0 Å². The molecule has 0 aliphatic carbocycles. The highest BCUT2D eigenvalue weighted by atomic mass is 16.4. The van der Waals surface area contributed by atoms with Crippen molar-refractivity contribution in [1.82, 2.24) is 0 Å². The lowest BCUT2D eigenvalue weighted by Gasteiger charge is -2.32. The molecule has 0 radical (unpaired) electrons. The van der Waals surface area contributed by atoms with Crippen LogP contribution in [0.1, 0.15) is 213 Å². The molecule has 0 bridgehead atoms. The third kappa shape index (κ3) is 22.8. The van der Waals surface area contributed by atoms with Crippen molar-refractivity contribution in [2.75, 3.05) is 0 Å². The van der Waals surface area contributed by atoms with Crippen LogP contribution in [0.4, 0.5) is 0 Å². The van der Waals surface area contributed by atoms with Gasteiger partial charge in [0, 0.05) is 19.3 Å². The minimum atomic E-state index is -2.74. The van der Waals surface area contributed by atoms with Crippen molar-refractivity contribution in [3.05, 3.63) is 12.2 Å². The zero-order valence-electron chi connectivity index (χ0n) is 31.1. The fourth-order valence-electron chi connectivity index (χ4n) is 6.27. The summed E-state index contributed by atoms with van der Waals surface area (Å²) in [5, 5.41) is 32.9. The van der Waals surface area contributed by atoms with E-state index in [0.717, 1.165) is 77.0 Å². The quantitative estimate of drug-likeness (QED) is 0.0349. The summed E-state index contributed by atoms with van der Waals surface area (Å²) in [5.74, 6) is -2.19. The molecule has 0 heterocycles. The highest BCUT2D eigenvalue weighted by Gasteiger charge is 2.52. The van der Waals surface area contributed by atoms with Gasteiger partial charge in [-0.15, -0.1) is 0 Å². The molecule has 0 saturated heterocycles. The Morgan fingerprint density at radius 1 is 0.468 bits per heavy atom. The molecule has 6 nitrogen and oxygen atoms in total. The van der Waals surface area contributed by atoms with E-state index < -0.39 is 35.2 Å². The van der Waals surface area contributed by atoms with Gasteiger partial charge in [-0.3, -0.25) is 14.4 Å². The van der Waals surface area contributed by atoms with E-state index in [0.29, 0.717) is 19.3 Å². The Hall–Kier alpha value is -1.37. The summed E-state index contributed by atoms with van der Waals surface area (Å²) in [4.78, 5) is 39.1. The maximum Gasteiger partial charge on any atom is 0.210 e. The molecule has 276 valence electrons. The summed E-state index contributed by atoms with van der Waals surface area (Å²) in [7, 11) is 0. The van der Waals surface area contributed by atoms with Gasteiger partial charge in [0.2, 0.25) is 5.60 Å². The smallest absolute Gasteiger partial charge is 0.210 e. The van der Waals surface area contributed by atoms with Crippen molar-refractivity contribution < 1.29 is 29.7 Å². The normalized spacial score (nSPS) is 14.3.